The second-order valence-corrected chi connectivity index (χ2v) is 2.40. The Bertz CT molecular complexity index is 259. The highest BCUT2D eigenvalue weighted by Crippen LogP contribution is 2.14. The van der Waals surface area contributed by atoms with Crippen LogP contribution >= 0.6 is 0 Å². The van der Waals surface area contributed by atoms with Gasteiger partial charge in [0.15, 0.2) is 0 Å². The van der Waals surface area contributed by atoms with Crippen molar-refractivity contribution in [1.82, 2.24) is 5.32 Å². The Morgan fingerprint density at radius 3 is 3.45 bits per heavy atom. The van der Waals surface area contributed by atoms with Gasteiger partial charge in [-0.3, -0.25) is 4.99 Å². The number of allylic oxidation sites excluding steroid dienone is 2. The number of fused-ring (bicyclic) bond motifs is 1. The Balaban J connectivity index is 2.31. The highest BCUT2D eigenvalue weighted by Gasteiger charge is 2.09. The molecule has 1 N–H and O–H groups in total. The highest BCUT2D eigenvalue weighted by molar-refractivity contribution is 5.69. The first-order valence-corrected chi connectivity index (χ1v) is 3.54. The van der Waals surface area contributed by atoms with Crippen molar-refractivity contribution < 1.29 is 0 Å². The van der Waals surface area contributed by atoms with Gasteiger partial charge in [0, 0.05) is 12.4 Å². The molecule has 0 bridgehead atoms. The zero-order valence-electron chi connectivity index (χ0n) is 5.99. The van der Waals surface area contributed by atoms with Gasteiger partial charge in [0.2, 0.25) is 0 Å². The average molecular weight is 144 g/mol. The summed E-state index contributed by atoms with van der Waals surface area (Å²) in [5.41, 5.74) is 1.17. The van der Waals surface area contributed by atoms with Crippen LogP contribution in [0.25, 0.3) is 0 Å². The standard InChI is InChI=1S/C9H8N2/c1-2-4-9-8(3-1)7-10-5-6-11-9/h1-4,6-7,9-10H. The molecule has 1 aliphatic heterocycles. The van der Waals surface area contributed by atoms with Crippen LogP contribution in [0, 0.1) is 6.54 Å². The molecule has 0 aromatic carbocycles. The van der Waals surface area contributed by atoms with Crippen LogP contribution < -0.4 is 5.32 Å². The molecule has 2 nitrogen and oxygen atoms in total. The molecule has 0 saturated heterocycles. The highest BCUT2D eigenvalue weighted by atomic mass is 14.9. The summed E-state index contributed by atoms with van der Waals surface area (Å²) in [5, 5.41) is 2.90. The molecule has 1 aliphatic carbocycles. The number of nitrogens with zero attached hydrogens (tertiary/aromatic N) is 1. The fourth-order valence-electron chi connectivity index (χ4n) is 1.09. The van der Waals surface area contributed by atoms with Gasteiger partial charge in [0.05, 0.1) is 6.04 Å². The van der Waals surface area contributed by atoms with Crippen LogP contribution in [0.1, 0.15) is 0 Å². The van der Waals surface area contributed by atoms with E-state index in [1.165, 1.54) is 5.57 Å². The van der Waals surface area contributed by atoms with E-state index in [1.54, 1.807) is 6.21 Å². The molecule has 0 aromatic heterocycles. The quantitative estimate of drug-likeness (QED) is 0.540. The molecule has 11 heavy (non-hydrogen) atoms. The maximum absolute atomic E-state index is 4.24. The molecule has 0 fully saturated rings. The Morgan fingerprint density at radius 1 is 1.45 bits per heavy atom. The van der Waals surface area contributed by atoms with E-state index in [4.69, 9.17) is 0 Å². The van der Waals surface area contributed by atoms with Crippen LogP contribution in [-0.2, 0) is 0 Å². The van der Waals surface area contributed by atoms with Gasteiger partial charge in [-0.1, -0.05) is 24.3 Å². The SMILES string of the molecule is [C]1C=NC2C=CC=CC2=CN1. The van der Waals surface area contributed by atoms with E-state index >= 15 is 0 Å². The lowest BCUT2D eigenvalue weighted by atomic mass is 10.0. The van der Waals surface area contributed by atoms with Crippen molar-refractivity contribution in [3.63, 3.8) is 0 Å². The summed E-state index contributed by atoms with van der Waals surface area (Å²) in [7, 11) is 0. The van der Waals surface area contributed by atoms with Gasteiger partial charge in [-0.2, -0.15) is 0 Å². The smallest absolute Gasteiger partial charge is 0.134 e. The first-order chi connectivity index (χ1) is 5.47. The minimum absolute atomic E-state index is 0.183. The predicted molar refractivity (Wildman–Crippen MR) is 45.0 cm³/mol. The summed E-state index contributed by atoms with van der Waals surface area (Å²) in [6.45, 7) is 2.82. The first kappa shape index (κ1) is 6.40. The Morgan fingerprint density at radius 2 is 2.45 bits per heavy atom. The minimum Gasteiger partial charge on any atom is -0.376 e. The van der Waals surface area contributed by atoms with E-state index in [1.807, 2.05) is 24.4 Å². The molecule has 0 saturated carbocycles. The summed E-state index contributed by atoms with van der Waals surface area (Å²) in [6, 6.07) is 0.183. The van der Waals surface area contributed by atoms with Crippen molar-refractivity contribution in [1.29, 1.82) is 0 Å². The second kappa shape index (κ2) is 2.74. The molecular formula is C9H8N2. The van der Waals surface area contributed by atoms with Crippen LogP contribution in [-0.4, -0.2) is 12.3 Å². The van der Waals surface area contributed by atoms with Gasteiger partial charge in [-0.15, -0.1) is 0 Å². The number of hydrogen-bond donors (Lipinski definition) is 1. The normalized spacial score (nSPS) is 26.9. The van der Waals surface area contributed by atoms with Crippen molar-refractivity contribution in [2.75, 3.05) is 0 Å². The monoisotopic (exact) mass is 144 g/mol. The van der Waals surface area contributed by atoms with Gasteiger partial charge >= 0.3 is 0 Å². The van der Waals surface area contributed by atoms with E-state index < -0.39 is 0 Å². The van der Waals surface area contributed by atoms with Crippen LogP contribution in [0.15, 0.2) is 41.1 Å². The van der Waals surface area contributed by atoms with Crippen LogP contribution in [0.2, 0.25) is 0 Å². The minimum atomic E-state index is 0.183. The van der Waals surface area contributed by atoms with E-state index in [-0.39, 0.29) is 6.04 Å². The predicted octanol–water partition coefficient (Wildman–Crippen LogP) is 1.08. The summed E-state index contributed by atoms with van der Waals surface area (Å²) in [5.74, 6) is 0. The van der Waals surface area contributed by atoms with Crippen molar-refractivity contribution >= 4 is 6.21 Å². The molecule has 1 atom stereocenters. The third kappa shape index (κ3) is 1.24. The maximum Gasteiger partial charge on any atom is 0.134 e. The fraction of sp³-hybridized carbons (Fsp3) is 0.111. The van der Waals surface area contributed by atoms with Gasteiger partial charge in [0.25, 0.3) is 0 Å². The largest absolute Gasteiger partial charge is 0.376 e. The van der Waals surface area contributed by atoms with E-state index in [2.05, 4.69) is 22.9 Å². The lowest BCUT2D eigenvalue weighted by Crippen LogP contribution is -2.05. The Labute approximate surface area is 66.0 Å². The van der Waals surface area contributed by atoms with Gasteiger partial charge in [0.1, 0.15) is 6.54 Å². The topological polar surface area (TPSA) is 24.4 Å². The molecule has 2 rings (SSSR count). The number of rotatable bonds is 0. The molecule has 2 radical (unpaired) electrons. The van der Waals surface area contributed by atoms with Crippen molar-refractivity contribution in [2.24, 2.45) is 4.99 Å². The van der Waals surface area contributed by atoms with E-state index in [9.17, 15) is 0 Å². The molecule has 0 amide bonds. The van der Waals surface area contributed by atoms with Crippen molar-refractivity contribution in [3.05, 3.63) is 42.6 Å². The molecule has 2 heteroatoms. The van der Waals surface area contributed by atoms with Gasteiger partial charge in [-0.05, 0) is 5.57 Å². The molecule has 0 spiro atoms. The molecule has 1 heterocycles. The number of hydrogen-bond acceptors (Lipinski definition) is 2. The zero-order valence-corrected chi connectivity index (χ0v) is 5.99. The Hall–Kier alpha value is -1.31. The molecule has 2 aliphatic rings. The van der Waals surface area contributed by atoms with Crippen LogP contribution in [0.3, 0.4) is 0 Å². The molecule has 1 unspecified atom stereocenters. The summed E-state index contributed by atoms with van der Waals surface area (Å²) in [4.78, 5) is 4.24. The third-order valence-corrected chi connectivity index (χ3v) is 1.66. The number of nitrogens with one attached hydrogen (secondary N) is 1. The zero-order chi connectivity index (χ0) is 7.52. The van der Waals surface area contributed by atoms with Crippen LogP contribution in [0.5, 0.6) is 0 Å². The molecule has 0 aromatic rings. The van der Waals surface area contributed by atoms with Crippen molar-refractivity contribution in [3.8, 4) is 0 Å². The maximum atomic E-state index is 4.24. The first-order valence-electron chi connectivity index (χ1n) is 3.54. The van der Waals surface area contributed by atoms with E-state index in [0.29, 0.717) is 0 Å². The van der Waals surface area contributed by atoms with Crippen molar-refractivity contribution in [2.45, 2.75) is 6.04 Å². The summed E-state index contributed by atoms with van der Waals surface area (Å²) < 4.78 is 0. The second-order valence-electron chi connectivity index (χ2n) is 2.40. The van der Waals surface area contributed by atoms with Crippen LogP contribution in [0.4, 0.5) is 0 Å². The third-order valence-electron chi connectivity index (χ3n) is 1.66. The summed E-state index contributed by atoms with van der Waals surface area (Å²) in [6.07, 6.45) is 11.7. The van der Waals surface area contributed by atoms with E-state index in [0.717, 1.165) is 0 Å². The Kier molecular flexibility index (Phi) is 1.60. The average Bonchev–Trinajstić information content (AvgIpc) is 2.28. The number of aliphatic imine (C=N–C) groups is 1. The lowest BCUT2D eigenvalue weighted by molar-refractivity contribution is 0.972. The summed E-state index contributed by atoms with van der Waals surface area (Å²) >= 11 is 0. The molecular weight excluding hydrogens is 136 g/mol. The fourth-order valence-corrected chi connectivity index (χ4v) is 1.09. The lowest BCUT2D eigenvalue weighted by Gasteiger charge is -2.09. The molecule has 54 valence electrons. The van der Waals surface area contributed by atoms with Gasteiger partial charge in [-0.25, -0.2) is 0 Å². The van der Waals surface area contributed by atoms with Gasteiger partial charge < -0.3 is 5.32 Å².